The Morgan fingerprint density at radius 2 is 2.05 bits per heavy atom. The second-order valence-electron chi connectivity index (χ2n) is 5.89. The minimum absolute atomic E-state index is 0.0219. The van der Waals surface area contributed by atoms with Crippen LogP contribution in [0.2, 0.25) is 5.02 Å². The Labute approximate surface area is 129 Å². The number of piperazine rings is 1. The van der Waals surface area contributed by atoms with Gasteiger partial charge in [-0.05, 0) is 30.4 Å². The molecule has 1 heterocycles. The first-order chi connectivity index (χ1) is 10.2. The molecule has 1 saturated heterocycles. The van der Waals surface area contributed by atoms with Crippen molar-refractivity contribution < 1.29 is 4.92 Å². The first kappa shape index (κ1) is 14.8. The van der Waals surface area contributed by atoms with Crippen molar-refractivity contribution >= 4 is 17.3 Å². The lowest BCUT2D eigenvalue weighted by Gasteiger charge is -2.43. The van der Waals surface area contributed by atoms with Gasteiger partial charge in [0.2, 0.25) is 0 Å². The van der Waals surface area contributed by atoms with Gasteiger partial charge in [-0.3, -0.25) is 15.0 Å². The van der Waals surface area contributed by atoms with Gasteiger partial charge in [0, 0.05) is 38.3 Å². The van der Waals surface area contributed by atoms with E-state index in [0.29, 0.717) is 5.92 Å². The molecule has 1 aliphatic carbocycles. The maximum Gasteiger partial charge on any atom is 0.288 e. The van der Waals surface area contributed by atoms with Crippen LogP contribution in [-0.2, 0) is 0 Å². The minimum atomic E-state index is -0.387. The third kappa shape index (κ3) is 3.05. The summed E-state index contributed by atoms with van der Waals surface area (Å²) in [6, 6.07) is 5.59. The van der Waals surface area contributed by atoms with Crippen molar-refractivity contribution in [3.63, 3.8) is 0 Å². The summed E-state index contributed by atoms with van der Waals surface area (Å²) >= 11 is 5.94. The first-order valence-electron chi connectivity index (χ1n) is 7.55. The van der Waals surface area contributed by atoms with Crippen LogP contribution in [0, 0.1) is 16.0 Å². The molecule has 0 spiro atoms. The van der Waals surface area contributed by atoms with Crippen molar-refractivity contribution in [2.75, 3.05) is 26.2 Å². The highest BCUT2D eigenvalue weighted by atomic mass is 35.5. The third-order valence-electron chi connectivity index (χ3n) is 4.65. The minimum Gasteiger partial charge on any atom is -0.314 e. The van der Waals surface area contributed by atoms with Crippen molar-refractivity contribution in [1.29, 1.82) is 0 Å². The summed E-state index contributed by atoms with van der Waals surface area (Å²) in [5, 5.41) is 14.7. The number of nitrogens with zero attached hydrogens (tertiary/aromatic N) is 2. The normalized spacial score (nSPS) is 21.8. The molecule has 2 fully saturated rings. The van der Waals surface area contributed by atoms with Crippen LogP contribution in [0.5, 0.6) is 0 Å². The smallest absolute Gasteiger partial charge is 0.288 e. The van der Waals surface area contributed by atoms with Crippen LogP contribution >= 0.6 is 11.6 Å². The van der Waals surface area contributed by atoms with E-state index in [0.717, 1.165) is 31.7 Å². The van der Waals surface area contributed by atoms with Gasteiger partial charge in [-0.15, -0.1) is 0 Å². The molecule has 2 aliphatic rings. The van der Waals surface area contributed by atoms with Crippen LogP contribution in [0.15, 0.2) is 18.2 Å². The molecule has 1 aromatic carbocycles. The van der Waals surface area contributed by atoms with Gasteiger partial charge in [0.25, 0.3) is 5.69 Å². The quantitative estimate of drug-likeness (QED) is 0.686. The lowest BCUT2D eigenvalue weighted by molar-refractivity contribution is -0.384. The predicted octanol–water partition coefficient (Wildman–Crippen LogP) is 2.99. The van der Waals surface area contributed by atoms with E-state index in [1.54, 1.807) is 12.1 Å². The standard InChI is InChI=1S/C15H20ClN3O2/c16-13-5-4-12(10-14(13)19(20)21)15(11-2-1-3-11)18-8-6-17-7-9-18/h4-5,10-11,15,17H,1-3,6-9H2/t15-/m0/s1. The van der Waals surface area contributed by atoms with Crippen LogP contribution in [-0.4, -0.2) is 36.0 Å². The maximum atomic E-state index is 11.1. The van der Waals surface area contributed by atoms with Crippen molar-refractivity contribution in [3.05, 3.63) is 38.9 Å². The number of hydrogen-bond donors (Lipinski definition) is 1. The Balaban J connectivity index is 1.91. The van der Waals surface area contributed by atoms with Gasteiger partial charge in [0.15, 0.2) is 0 Å². The van der Waals surface area contributed by atoms with Gasteiger partial charge in [-0.25, -0.2) is 0 Å². The molecule has 0 unspecified atom stereocenters. The Morgan fingerprint density at radius 1 is 1.33 bits per heavy atom. The van der Waals surface area contributed by atoms with Gasteiger partial charge >= 0.3 is 0 Å². The summed E-state index contributed by atoms with van der Waals surface area (Å²) in [4.78, 5) is 13.2. The van der Waals surface area contributed by atoms with Crippen LogP contribution in [0.25, 0.3) is 0 Å². The number of nitro benzene ring substituents is 1. The zero-order valence-corrected chi connectivity index (χ0v) is 12.7. The molecule has 0 bridgehead atoms. The molecule has 1 aromatic rings. The van der Waals surface area contributed by atoms with Crippen LogP contribution < -0.4 is 5.32 Å². The monoisotopic (exact) mass is 309 g/mol. The molecule has 0 radical (unpaired) electrons. The average Bonchev–Trinajstić information content (AvgIpc) is 2.44. The van der Waals surface area contributed by atoms with E-state index >= 15 is 0 Å². The van der Waals surface area contributed by atoms with Gasteiger partial charge < -0.3 is 5.32 Å². The summed E-state index contributed by atoms with van der Waals surface area (Å²) in [6.45, 7) is 3.97. The average molecular weight is 310 g/mol. The van der Waals surface area contributed by atoms with E-state index in [2.05, 4.69) is 10.2 Å². The molecular formula is C15H20ClN3O2. The van der Waals surface area contributed by atoms with Crippen molar-refractivity contribution in [3.8, 4) is 0 Å². The number of rotatable bonds is 4. The van der Waals surface area contributed by atoms with E-state index in [1.807, 2.05) is 6.07 Å². The summed E-state index contributed by atoms with van der Waals surface area (Å²) < 4.78 is 0. The molecule has 3 rings (SSSR count). The highest BCUT2D eigenvalue weighted by Gasteiger charge is 2.34. The number of nitro groups is 1. The largest absolute Gasteiger partial charge is 0.314 e. The number of benzene rings is 1. The van der Waals surface area contributed by atoms with Gasteiger partial charge in [-0.2, -0.15) is 0 Å². The molecule has 1 N–H and O–H groups in total. The zero-order chi connectivity index (χ0) is 14.8. The van der Waals surface area contributed by atoms with Gasteiger partial charge in [0.1, 0.15) is 5.02 Å². The summed E-state index contributed by atoms with van der Waals surface area (Å²) in [5.41, 5.74) is 1.06. The maximum absolute atomic E-state index is 11.1. The van der Waals surface area contributed by atoms with Crippen molar-refractivity contribution in [2.24, 2.45) is 5.92 Å². The van der Waals surface area contributed by atoms with E-state index < -0.39 is 0 Å². The van der Waals surface area contributed by atoms with E-state index in [4.69, 9.17) is 11.6 Å². The second-order valence-corrected chi connectivity index (χ2v) is 6.30. The lowest BCUT2D eigenvalue weighted by atomic mass is 9.76. The second kappa shape index (κ2) is 6.30. The molecule has 0 amide bonds. The molecular weight excluding hydrogens is 290 g/mol. The Morgan fingerprint density at radius 3 is 2.62 bits per heavy atom. The Kier molecular flexibility index (Phi) is 4.42. The summed E-state index contributed by atoms with van der Waals surface area (Å²) in [5.74, 6) is 0.615. The van der Waals surface area contributed by atoms with E-state index in [1.165, 1.54) is 19.3 Å². The molecule has 1 saturated carbocycles. The Bertz CT molecular complexity index is 528. The zero-order valence-electron chi connectivity index (χ0n) is 11.9. The van der Waals surface area contributed by atoms with Gasteiger partial charge in [-0.1, -0.05) is 24.1 Å². The van der Waals surface area contributed by atoms with Crippen molar-refractivity contribution in [2.45, 2.75) is 25.3 Å². The highest BCUT2D eigenvalue weighted by Crippen LogP contribution is 2.42. The molecule has 21 heavy (non-hydrogen) atoms. The lowest BCUT2D eigenvalue weighted by Crippen LogP contribution is -2.47. The fourth-order valence-corrected chi connectivity index (χ4v) is 3.54. The van der Waals surface area contributed by atoms with Gasteiger partial charge in [0.05, 0.1) is 4.92 Å². The molecule has 0 aromatic heterocycles. The fraction of sp³-hybridized carbons (Fsp3) is 0.600. The summed E-state index contributed by atoms with van der Waals surface area (Å²) in [6.07, 6.45) is 3.69. The van der Waals surface area contributed by atoms with Crippen LogP contribution in [0.1, 0.15) is 30.9 Å². The highest BCUT2D eigenvalue weighted by molar-refractivity contribution is 6.32. The molecule has 1 aliphatic heterocycles. The fourth-order valence-electron chi connectivity index (χ4n) is 3.35. The van der Waals surface area contributed by atoms with Crippen LogP contribution in [0.3, 0.4) is 0 Å². The number of halogens is 1. The SMILES string of the molecule is O=[N+]([O-])c1cc([C@H](C2CCC2)N2CCNCC2)ccc1Cl. The third-order valence-corrected chi connectivity index (χ3v) is 4.97. The molecule has 6 heteroatoms. The van der Waals surface area contributed by atoms with E-state index in [-0.39, 0.29) is 21.7 Å². The predicted molar refractivity (Wildman–Crippen MR) is 82.6 cm³/mol. The first-order valence-corrected chi connectivity index (χ1v) is 7.93. The number of hydrogen-bond acceptors (Lipinski definition) is 4. The molecule has 114 valence electrons. The topological polar surface area (TPSA) is 58.4 Å². The number of nitrogens with one attached hydrogen (secondary N) is 1. The van der Waals surface area contributed by atoms with Crippen LogP contribution in [0.4, 0.5) is 5.69 Å². The molecule has 1 atom stereocenters. The Hall–Kier alpha value is -1.17. The van der Waals surface area contributed by atoms with E-state index in [9.17, 15) is 10.1 Å². The van der Waals surface area contributed by atoms with Crippen molar-refractivity contribution in [1.82, 2.24) is 10.2 Å². The summed E-state index contributed by atoms with van der Waals surface area (Å²) in [7, 11) is 0. The molecule has 5 nitrogen and oxygen atoms in total.